The Bertz CT molecular complexity index is 681. The maximum absolute atomic E-state index is 12.7. The van der Waals surface area contributed by atoms with E-state index in [1.807, 2.05) is 4.90 Å². The molecular weight excluding hydrogens is 374 g/mol. The molecule has 3 amide bonds. The SMILES string of the molecule is CCCCC(CC(=O)NO)C(=O)N1CC2(CC2)CC1C.O=CNc1cccnn1. The molecule has 1 saturated carbocycles. The van der Waals surface area contributed by atoms with Gasteiger partial charge in [0.05, 0.1) is 0 Å². The van der Waals surface area contributed by atoms with Crippen molar-refractivity contribution in [2.75, 3.05) is 11.9 Å². The molecule has 1 saturated heterocycles. The zero-order chi connectivity index (χ0) is 21.3. The van der Waals surface area contributed by atoms with Gasteiger partial charge in [0, 0.05) is 31.1 Å². The van der Waals surface area contributed by atoms with Crippen LogP contribution in [0, 0.1) is 11.3 Å². The van der Waals surface area contributed by atoms with Crippen molar-refractivity contribution in [2.24, 2.45) is 11.3 Å². The van der Waals surface area contributed by atoms with Gasteiger partial charge in [0.1, 0.15) is 0 Å². The van der Waals surface area contributed by atoms with Crippen LogP contribution in [-0.4, -0.2) is 51.1 Å². The molecule has 0 radical (unpaired) electrons. The van der Waals surface area contributed by atoms with Crippen LogP contribution in [-0.2, 0) is 14.4 Å². The fourth-order valence-corrected chi connectivity index (χ4v) is 3.86. The second-order valence-electron chi connectivity index (χ2n) is 7.97. The van der Waals surface area contributed by atoms with E-state index in [1.165, 1.54) is 19.0 Å². The zero-order valence-electron chi connectivity index (χ0n) is 17.1. The van der Waals surface area contributed by atoms with Crippen LogP contribution in [0.15, 0.2) is 18.3 Å². The van der Waals surface area contributed by atoms with E-state index in [0.29, 0.717) is 17.6 Å². The fraction of sp³-hybridized carbons (Fsp3) is 0.650. The minimum absolute atomic E-state index is 0.0888. The smallest absolute Gasteiger partial charge is 0.244 e. The zero-order valence-corrected chi connectivity index (χ0v) is 17.1. The molecule has 2 aliphatic rings. The fourth-order valence-electron chi connectivity index (χ4n) is 3.86. The van der Waals surface area contributed by atoms with Gasteiger partial charge in [-0.25, -0.2) is 5.48 Å². The molecule has 3 N–H and O–H groups in total. The Morgan fingerprint density at radius 2 is 2.21 bits per heavy atom. The Morgan fingerprint density at radius 1 is 1.45 bits per heavy atom. The quantitative estimate of drug-likeness (QED) is 0.346. The number of nitrogens with zero attached hydrogens (tertiary/aromatic N) is 3. The molecule has 29 heavy (non-hydrogen) atoms. The molecule has 0 bridgehead atoms. The van der Waals surface area contributed by atoms with Crippen LogP contribution in [0.4, 0.5) is 5.82 Å². The molecule has 2 heterocycles. The van der Waals surface area contributed by atoms with Gasteiger partial charge < -0.3 is 10.2 Å². The standard InChI is InChI=1S/C15H26N2O3.C5H5N3O/c1-3-4-5-12(8-13(18)16-20)14(19)17-10-15(6-7-15)9-11(17)2;9-4-6-5-2-1-3-7-8-5/h11-12,20H,3-10H2,1-2H3,(H,16,18);1-4H,(H,6,8,9). The van der Waals surface area contributed by atoms with E-state index in [0.717, 1.165) is 32.2 Å². The summed E-state index contributed by atoms with van der Waals surface area (Å²) in [6.45, 7) is 5.04. The van der Waals surface area contributed by atoms with Crippen LogP contribution in [0.25, 0.3) is 0 Å². The highest BCUT2D eigenvalue weighted by molar-refractivity contribution is 5.85. The predicted octanol–water partition coefficient (Wildman–Crippen LogP) is 2.13. The summed E-state index contributed by atoms with van der Waals surface area (Å²) in [7, 11) is 0. The van der Waals surface area contributed by atoms with Crippen LogP contribution in [0.2, 0.25) is 0 Å². The van der Waals surface area contributed by atoms with Crippen LogP contribution in [0.5, 0.6) is 0 Å². The highest BCUT2D eigenvalue weighted by Crippen LogP contribution is 2.54. The number of hydroxylamine groups is 1. The van der Waals surface area contributed by atoms with Gasteiger partial charge in [-0.2, -0.15) is 5.10 Å². The normalized spacial score (nSPS) is 19.7. The summed E-state index contributed by atoms with van der Waals surface area (Å²) in [4.78, 5) is 35.9. The molecule has 2 atom stereocenters. The molecule has 3 rings (SSSR count). The first-order valence-corrected chi connectivity index (χ1v) is 10.2. The molecular formula is C20H31N5O4. The number of aromatic nitrogens is 2. The summed E-state index contributed by atoms with van der Waals surface area (Å²) < 4.78 is 0. The van der Waals surface area contributed by atoms with E-state index in [2.05, 4.69) is 29.4 Å². The molecule has 0 aromatic carbocycles. The number of amides is 3. The Labute approximate surface area is 171 Å². The number of likely N-dealkylation sites (tertiary alicyclic amines) is 1. The Hall–Kier alpha value is -2.55. The minimum Gasteiger partial charge on any atom is -0.339 e. The van der Waals surface area contributed by atoms with Crippen molar-refractivity contribution >= 4 is 24.0 Å². The second-order valence-corrected chi connectivity index (χ2v) is 7.97. The van der Waals surface area contributed by atoms with Crippen molar-refractivity contribution < 1.29 is 19.6 Å². The number of anilines is 1. The van der Waals surface area contributed by atoms with Crippen molar-refractivity contribution in [1.82, 2.24) is 20.6 Å². The molecule has 2 unspecified atom stereocenters. The summed E-state index contributed by atoms with van der Waals surface area (Å²) >= 11 is 0. The molecule has 1 aliphatic carbocycles. The molecule has 160 valence electrons. The van der Waals surface area contributed by atoms with Gasteiger partial charge in [-0.3, -0.25) is 19.6 Å². The lowest BCUT2D eigenvalue weighted by molar-refractivity contribution is -0.141. The summed E-state index contributed by atoms with van der Waals surface area (Å²) in [6, 6.07) is 3.63. The van der Waals surface area contributed by atoms with Gasteiger partial charge in [0.25, 0.3) is 0 Å². The van der Waals surface area contributed by atoms with E-state index in [-0.39, 0.29) is 24.3 Å². The summed E-state index contributed by atoms with van der Waals surface area (Å²) in [6.07, 6.45) is 8.41. The first-order chi connectivity index (χ1) is 13.9. The van der Waals surface area contributed by atoms with Crippen LogP contribution < -0.4 is 10.8 Å². The van der Waals surface area contributed by atoms with Crippen LogP contribution >= 0.6 is 0 Å². The summed E-state index contributed by atoms with van der Waals surface area (Å²) in [5, 5.41) is 18.1. The van der Waals surface area contributed by atoms with E-state index in [9.17, 15) is 14.4 Å². The number of carbonyl (C=O) groups excluding carboxylic acids is 3. The number of hydrogen-bond donors (Lipinski definition) is 3. The third kappa shape index (κ3) is 6.77. The lowest BCUT2D eigenvalue weighted by Gasteiger charge is -2.26. The van der Waals surface area contributed by atoms with Crippen LogP contribution in [0.1, 0.15) is 58.8 Å². The summed E-state index contributed by atoms with van der Waals surface area (Å²) in [5.74, 6) is -0.197. The predicted molar refractivity (Wildman–Crippen MR) is 107 cm³/mol. The number of rotatable bonds is 8. The van der Waals surface area contributed by atoms with Crippen molar-refractivity contribution in [3.05, 3.63) is 18.3 Å². The first-order valence-electron chi connectivity index (χ1n) is 10.2. The minimum atomic E-state index is -0.465. The largest absolute Gasteiger partial charge is 0.339 e. The van der Waals surface area contributed by atoms with Gasteiger partial charge in [-0.05, 0) is 50.2 Å². The average molecular weight is 405 g/mol. The first kappa shape index (κ1) is 22.7. The molecule has 9 heteroatoms. The van der Waals surface area contributed by atoms with Crippen molar-refractivity contribution in [1.29, 1.82) is 0 Å². The number of carbonyl (C=O) groups is 3. The molecule has 9 nitrogen and oxygen atoms in total. The number of hydrogen-bond acceptors (Lipinski definition) is 6. The summed E-state index contributed by atoms with van der Waals surface area (Å²) in [5.41, 5.74) is 2.04. The van der Waals surface area contributed by atoms with Gasteiger partial charge in [-0.1, -0.05) is 19.8 Å². The lowest BCUT2D eigenvalue weighted by Crippen LogP contribution is -2.40. The van der Waals surface area contributed by atoms with E-state index in [4.69, 9.17) is 5.21 Å². The average Bonchev–Trinajstić information content (AvgIpc) is 3.40. The molecule has 1 aliphatic heterocycles. The van der Waals surface area contributed by atoms with Crippen molar-refractivity contribution in [2.45, 2.75) is 64.8 Å². The van der Waals surface area contributed by atoms with E-state index >= 15 is 0 Å². The number of nitrogens with one attached hydrogen (secondary N) is 2. The third-order valence-electron chi connectivity index (χ3n) is 5.60. The van der Waals surface area contributed by atoms with Crippen LogP contribution in [0.3, 0.4) is 0 Å². The Balaban J connectivity index is 0.000000278. The van der Waals surface area contributed by atoms with Gasteiger partial charge in [0.2, 0.25) is 18.2 Å². The molecule has 1 aromatic rings. The van der Waals surface area contributed by atoms with E-state index in [1.54, 1.807) is 17.6 Å². The van der Waals surface area contributed by atoms with Gasteiger partial charge in [0.15, 0.2) is 5.82 Å². The number of unbranched alkanes of at least 4 members (excludes halogenated alkanes) is 1. The lowest BCUT2D eigenvalue weighted by atomic mass is 9.96. The molecule has 1 aromatic heterocycles. The maximum atomic E-state index is 12.7. The highest BCUT2D eigenvalue weighted by atomic mass is 16.5. The van der Waals surface area contributed by atoms with Gasteiger partial charge in [-0.15, -0.1) is 5.10 Å². The Kier molecular flexibility index (Phi) is 8.50. The van der Waals surface area contributed by atoms with Crippen molar-refractivity contribution in [3.63, 3.8) is 0 Å². The second kappa shape index (κ2) is 10.8. The Morgan fingerprint density at radius 3 is 2.72 bits per heavy atom. The van der Waals surface area contributed by atoms with E-state index < -0.39 is 5.91 Å². The topological polar surface area (TPSA) is 125 Å². The third-order valence-corrected chi connectivity index (χ3v) is 5.60. The highest BCUT2D eigenvalue weighted by Gasteiger charge is 2.52. The van der Waals surface area contributed by atoms with Gasteiger partial charge >= 0.3 is 0 Å². The maximum Gasteiger partial charge on any atom is 0.244 e. The molecule has 2 fully saturated rings. The molecule has 1 spiro atoms. The van der Waals surface area contributed by atoms with Crippen molar-refractivity contribution in [3.8, 4) is 0 Å². The monoisotopic (exact) mass is 405 g/mol.